The van der Waals surface area contributed by atoms with Gasteiger partial charge in [-0.1, -0.05) is 273 Å². The molecule has 364 valence electrons. The van der Waals surface area contributed by atoms with E-state index in [0.717, 1.165) is 50.9 Å². The first-order valence-corrected chi connectivity index (χ1v) is 30.3. The Labute approximate surface area is 450 Å². The van der Waals surface area contributed by atoms with Crippen LogP contribution in [0, 0.1) is 0 Å². The number of para-hydroxylation sites is 4. The van der Waals surface area contributed by atoms with Crippen molar-refractivity contribution in [3.05, 3.63) is 302 Å². The summed E-state index contributed by atoms with van der Waals surface area (Å²) in [4.78, 5) is 18.9. The molecule has 0 saturated carbocycles. The third-order valence-electron chi connectivity index (χ3n) is 15.6. The van der Waals surface area contributed by atoms with E-state index in [-0.39, 0.29) is 0 Å². The quantitative estimate of drug-likeness (QED) is 0.0954. The standard InChI is InChI=1S/C70H50N4OSi2/c1-7-29-53(30-8-1)76(54-31-9-2-10-32-54,55-33-11-3-12-34-55)59-41-23-28-52(49-59)68-71-69(73-70(72-68)74-63-45-21-19-26-50(63)48-51-27-20-22-46-64(51)74)62-44-24-42-60-61-43-25-47-65(67(61)75-66(60)62)77(56-35-13-4-14-36-56,57-37-15-5-16-38-57)58-39-17-6-18-40-58/h1-47,49H,48H2. The normalized spacial score (nSPS) is 12.3. The van der Waals surface area contributed by atoms with E-state index in [1.165, 1.54) is 52.6 Å². The molecule has 11 aromatic carbocycles. The Bertz CT molecular complexity index is 4010. The summed E-state index contributed by atoms with van der Waals surface area (Å²) in [6.45, 7) is 0. The number of anilines is 3. The molecule has 2 aromatic heterocycles. The minimum atomic E-state index is -3.01. The highest BCUT2D eigenvalue weighted by atomic mass is 28.3. The monoisotopic (exact) mass is 1020 g/mol. The zero-order valence-electron chi connectivity index (χ0n) is 42.1. The van der Waals surface area contributed by atoms with E-state index in [1.807, 2.05) is 0 Å². The average molecular weight is 1020 g/mol. The summed E-state index contributed by atoms with van der Waals surface area (Å²) in [5.74, 6) is 1.63. The maximum atomic E-state index is 7.52. The maximum Gasteiger partial charge on any atom is 0.238 e. The van der Waals surface area contributed by atoms with Crippen LogP contribution >= 0.6 is 0 Å². The van der Waals surface area contributed by atoms with Gasteiger partial charge in [0, 0.05) is 22.8 Å². The molecule has 1 aliphatic heterocycles. The maximum absolute atomic E-state index is 7.52. The van der Waals surface area contributed by atoms with Crippen molar-refractivity contribution in [2.75, 3.05) is 4.90 Å². The number of fused-ring (bicyclic) bond motifs is 5. The highest BCUT2D eigenvalue weighted by molar-refractivity contribution is 7.21. The predicted octanol–water partition coefficient (Wildman–Crippen LogP) is 11.2. The lowest BCUT2D eigenvalue weighted by molar-refractivity contribution is 0.672. The van der Waals surface area contributed by atoms with E-state index in [2.05, 4.69) is 296 Å². The lowest BCUT2D eigenvalue weighted by Gasteiger charge is -2.34. The van der Waals surface area contributed by atoms with Gasteiger partial charge in [0.15, 0.2) is 27.8 Å². The minimum absolute atomic E-state index is 0.525. The summed E-state index contributed by atoms with van der Waals surface area (Å²) in [5, 5.41) is 12.2. The van der Waals surface area contributed by atoms with Crippen molar-refractivity contribution in [3.63, 3.8) is 0 Å². The van der Waals surface area contributed by atoms with Gasteiger partial charge in [0.1, 0.15) is 11.2 Å². The second kappa shape index (κ2) is 19.3. The van der Waals surface area contributed by atoms with Gasteiger partial charge in [0.2, 0.25) is 5.95 Å². The molecule has 1 aliphatic rings. The molecule has 0 bridgehead atoms. The fourth-order valence-electron chi connectivity index (χ4n) is 12.3. The van der Waals surface area contributed by atoms with Crippen LogP contribution in [0.2, 0.25) is 0 Å². The Morgan fingerprint density at radius 1 is 0.325 bits per heavy atom. The molecule has 5 nitrogen and oxygen atoms in total. The number of hydrogen-bond acceptors (Lipinski definition) is 5. The largest absolute Gasteiger partial charge is 0.455 e. The van der Waals surface area contributed by atoms with Gasteiger partial charge < -0.3 is 4.42 Å². The number of nitrogens with zero attached hydrogens (tertiary/aromatic N) is 4. The molecule has 0 N–H and O–H groups in total. The minimum Gasteiger partial charge on any atom is -0.455 e. The fourth-order valence-corrected chi connectivity index (χ4v) is 22.0. The number of benzene rings is 11. The molecule has 77 heavy (non-hydrogen) atoms. The van der Waals surface area contributed by atoms with Crippen molar-refractivity contribution in [2.45, 2.75) is 6.42 Å². The van der Waals surface area contributed by atoms with Gasteiger partial charge in [0.05, 0.1) is 16.9 Å². The summed E-state index contributed by atoms with van der Waals surface area (Å²) in [5.41, 5.74) is 7.78. The Balaban J connectivity index is 1.03. The van der Waals surface area contributed by atoms with E-state index >= 15 is 0 Å². The lowest BCUT2D eigenvalue weighted by atomic mass is 9.96. The molecule has 0 amide bonds. The zero-order chi connectivity index (χ0) is 51.2. The van der Waals surface area contributed by atoms with Gasteiger partial charge in [-0.15, -0.1) is 0 Å². The summed E-state index contributed by atoms with van der Waals surface area (Å²) in [6.07, 6.45) is 0.807. The molecular formula is C70H50N4OSi2. The molecule has 0 spiro atoms. The molecule has 7 heteroatoms. The van der Waals surface area contributed by atoms with Crippen molar-refractivity contribution >= 4 is 96.9 Å². The highest BCUT2D eigenvalue weighted by Crippen LogP contribution is 2.44. The van der Waals surface area contributed by atoms with Crippen molar-refractivity contribution in [1.29, 1.82) is 0 Å². The van der Waals surface area contributed by atoms with E-state index in [1.54, 1.807) is 0 Å². The summed E-state index contributed by atoms with van der Waals surface area (Å²) in [6, 6.07) is 106. The van der Waals surface area contributed by atoms with Gasteiger partial charge in [0.25, 0.3) is 0 Å². The van der Waals surface area contributed by atoms with Crippen LogP contribution in [0.15, 0.2) is 296 Å². The molecule has 0 aliphatic carbocycles. The molecule has 0 fully saturated rings. The molecule has 3 heterocycles. The van der Waals surface area contributed by atoms with Crippen molar-refractivity contribution in [2.24, 2.45) is 0 Å². The number of hydrogen-bond donors (Lipinski definition) is 0. The number of furan rings is 1. The van der Waals surface area contributed by atoms with E-state index in [4.69, 9.17) is 19.4 Å². The van der Waals surface area contributed by atoms with Crippen LogP contribution in [0.1, 0.15) is 11.1 Å². The van der Waals surface area contributed by atoms with Crippen molar-refractivity contribution in [1.82, 2.24) is 15.0 Å². The molecular weight excluding hydrogens is 969 g/mol. The van der Waals surface area contributed by atoms with Gasteiger partial charge in [-0.3, -0.25) is 4.90 Å². The smallest absolute Gasteiger partial charge is 0.238 e. The molecule has 13 aromatic rings. The predicted molar refractivity (Wildman–Crippen MR) is 323 cm³/mol. The van der Waals surface area contributed by atoms with Crippen LogP contribution in [0.4, 0.5) is 17.3 Å². The highest BCUT2D eigenvalue weighted by Gasteiger charge is 2.44. The van der Waals surface area contributed by atoms with Gasteiger partial charge in [-0.2, -0.15) is 9.97 Å². The molecule has 14 rings (SSSR count). The third-order valence-corrected chi connectivity index (χ3v) is 25.2. The SMILES string of the molecule is c1ccc([Si](c2ccccc2)(c2ccccc2)c2cccc(-c3nc(-c4cccc5c4oc4c([Si](c6ccccc6)(c6ccccc6)c6ccccc6)cccc45)nc(N4c5ccccc5Cc5ccccc54)n3)c2)cc1. The van der Waals surface area contributed by atoms with Crippen molar-refractivity contribution < 1.29 is 4.42 Å². The van der Waals surface area contributed by atoms with Crippen LogP contribution < -0.4 is 46.4 Å². The summed E-state index contributed by atoms with van der Waals surface area (Å²) in [7, 11) is -5.93. The fraction of sp³-hybridized carbons (Fsp3) is 0.0143. The van der Waals surface area contributed by atoms with E-state index < -0.39 is 16.1 Å². The number of rotatable bonds is 11. The number of aromatic nitrogens is 3. The Kier molecular flexibility index (Phi) is 11.5. The first-order chi connectivity index (χ1) is 38.2. The molecule has 0 radical (unpaired) electrons. The third kappa shape index (κ3) is 7.61. The van der Waals surface area contributed by atoms with E-state index in [0.29, 0.717) is 17.6 Å². The molecule has 0 atom stereocenters. The van der Waals surface area contributed by atoms with Gasteiger partial charge in [-0.05, 0) is 70.8 Å². The van der Waals surface area contributed by atoms with Crippen LogP contribution in [0.5, 0.6) is 0 Å². The molecule has 0 saturated heterocycles. The van der Waals surface area contributed by atoms with Crippen LogP contribution in [0.25, 0.3) is 44.7 Å². The summed E-state index contributed by atoms with van der Waals surface area (Å²) < 4.78 is 7.52. The Hall–Kier alpha value is -9.54. The van der Waals surface area contributed by atoms with Crippen LogP contribution in [0.3, 0.4) is 0 Å². The molecule has 0 unspecified atom stereocenters. The summed E-state index contributed by atoms with van der Waals surface area (Å²) >= 11 is 0. The first-order valence-electron chi connectivity index (χ1n) is 26.3. The van der Waals surface area contributed by atoms with Gasteiger partial charge >= 0.3 is 0 Å². The van der Waals surface area contributed by atoms with E-state index in [9.17, 15) is 0 Å². The second-order valence-corrected chi connectivity index (χ2v) is 27.4. The Morgan fingerprint density at radius 3 is 1.23 bits per heavy atom. The van der Waals surface area contributed by atoms with Gasteiger partial charge in [-0.25, -0.2) is 4.98 Å². The lowest BCUT2D eigenvalue weighted by Crippen LogP contribution is -2.74. The second-order valence-electron chi connectivity index (χ2n) is 19.8. The van der Waals surface area contributed by atoms with Crippen LogP contribution in [-0.2, 0) is 6.42 Å². The Morgan fingerprint density at radius 2 is 0.727 bits per heavy atom. The van der Waals surface area contributed by atoms with Crippen LogP contribution in [-0.4, -0.2) is 31.1 Å². The average Bonchev–Trinajstić information content (AvgIpc) is 3.94. The first kappa shape index (κ1) is 46.0. The van der Waals surface area contributed by atoms with Crippen molar-refractivity contribution in [3.8, 4) is 22.8 Å². The topological polar surface area (TPSA) is 55.1 Å². The zero-order valence-corrected chi connectivity index (χ0v) is 44.1.